The SMILES string of the molecule is NC(=O)N(c1ccc(Oc2ccccc2)cc1)c1ccc(O)cc1O. The third-order valence-corrected chi connectivity index (χ3v) is 3.49. The van der Waals surface area contributed by atoms with Crippen LogP contribution >= 0.6 is 0 Å². The van der Waals surface area contributed by atoms with Crippen LogP contribution < -0.4 is 15.4 Å². The van der Waals surface area contributed by atoms with Crippen molar-refractivity contribution in [2.45, 2.75) is 0 Å². The van der Waals surface area contributed by atoms with E-state index in [1.807, 2.05) is 30.3 Å². The number of ether oxygens (including phenoxy) is 1. The highest BCUT2D eigenvalue weighted by Crippen LogP contribution is 2.36. The van der Waals surface area contributed by atoms with Crippen molar-refractivity contribution in [2.75, 3.05) is 4.90 Å². The summed E-state index contributed by atoms with van der Waals surface area (Å²) in [6, 6.07) is 19.1. The summed E-state index contributed by atoms with van der Waals surface area (Å²) >= 11 is 0. The maximum absolute atomic E-state index is 11.9. The van der Waals surface area contributed by atoms with Gasteiger partial charge in [-0.15, -0.1) is 0 Å². The zero-order chi connectivity index (χ0) is 17.8. The van der Waals surface area contributed by atoms with E-state index in [9.17, 15) is 15.0 Å². The number of nitrogens with zero attached hydrogens (tertiary/aromatic N) is 1. The number of carbonyl (C=O) groups excluding carboxylic acids is 1. The molecule has 3 aromatic carbocycles. The molecule has 0 aliphatic rings. The van der Waals surface area contributed by atoms with Crippen LogP contribution in [0.25, 0.3) is 0 Å². The average Bonchev–Trinajstić information content (AvgIpc) is 2.59. The second-order valence-electron chi connectivity index (χ2n) is 5.26. The van der Waals surface area contributed by atoms with E-state index in [1.165, 1.54) is 12.1 Å². The number of carbonyl (C=O) groups is 1. The highest BCUT2D eigenvalue weighted by molar-refractivity contribution is 5.99. The summed E-state index contributed by atoms with van der Waals surface area (Å²) in [6.45, 7) is 0. The number of hydrogen-bond acceptors (Lipinski definition) is 4. The van der Waals surface area contributed by atoms with Gasteiger partial charge in [-0.05, 0) is 48.5 Å². The van der Waals surface area contributed by atoms with E-state index in [4.69, 9.17) is 10.5 Å². The van der Waals surface area contributed by atoms with Gasteiger partial charge in [0.25, 0.3) is 0 Å². The largest absolute Gasteiger partial charge is 0.508 e. The fourth-order valence-corrected chi connectivity index (χ4v) is 2.37. The van der Waals surface area contributed by atoms with E-state index in [0.29, 0.717) is 17.2 Å². The van der Waals surface area contributed by atoms with E-state index in [2.05, 4.69) is 0 Å². The van der Waals surface area contributed by atoms with Crippen LogP contribution in [0.4, 0.5) is 16.2 Å². The number of para-hydroxylation sites is 1. The molecule has 0 atom stereocenters. The molecule has 0 aliphatic heterocycles. The zero-order valence-electron chi connectivity index (χ0n) is 13.2. The lowest BCUT2D eigenvalue weighted by Crippen LogP contribution is -2.31. The van der Waals surface area contributed by atoms with Crippen LogP contribution in [-0.4, -0.2) is 16.2 Å². The highest BCUT2D eigenvalue weighted by atomic mass is 16.5. The van der Waals surface area contributed by atoms with Gasteiger partial charge in [-0.25, -0.2) is 4.79 Å². The summed E-state index contributed by atoms with van der Waals surface area (Å²) < 4.78 is 5.70. The number of aromatic hydroxyl groups is 2. The first-order valence-corrected chi connectivity index (χ1v) is 7.49. The third-order valence-electron chi connectivity index (χ3n) is 3.49. The van der Waals surface area contributed by atoms with Crippen LogP contribution in [-0.2, 0) is 0 Å². The monoisotopic (exact) mass is 336 g/mol. The molecule has 0 bridgehead atoms. The van der Waals surface area contributed by atoms with Crippen molar-refractivity contribution in [3.8, 4) is 23.0 Å². The molecule has 6 nitrogen and oxygen atoms in total. The van der Waals surface area contributed by atoms with E-state index < -0.39 is 6.03 Å². The first kappa shape index (κ1) is 16.2. The number of benzene rings is 3. The van der Waals surface area contributed by atoms with Gasteiger partial charge in [0.15, 0.2) is 0 Å². The van der Waals surface area contributed by atoms with Crippen molar-refractivity contribution >= 4 is 17.4 Å². The smallest absolute Gasteiger partial charge is 0.324 e. The molecular weight excluding hydrogens is 320 g/mol. The summed E-state index contributed by atoms with van der Waals surface area (Å²) in [5, 5.41) is 19.4. The molecule has 0 spiro atoms. The first-order valence-electron chi connectivity index (χ1n) is 7.49. The Labute approximate surface area is 144 Å². The lowest BCUT2D eigenvalue weighted by Gasteiger charge is -2.22. The molecular formula is C19H16N2O4. The van der Waals surface area contributed by atoms with Crippen LogP contribution in [0.15, 0.2) is 72.8 Å². The van der Waals surface area contributed by atoms with E-state index >= 15 is 0 Å². The number of rotatable bonds is 4. The first-order chi connectivity index (χ1) is 12.0. The molecule has 0 heterocycles. The van der Waals surface area contributed by atoms with Gasteiger partial charge in [-0.2, -0.15) is 0 Å². The molecule has 126 valence electrons. The normalized spacial score (nSPS) is 10.2. The number of anilines is 2. The Morgan fingerprint density at radius 1 is 0.880 bits per heavy atom. The second kappa shape index (κ2) is 6.84. The molecule has 25 heavy (non-hydrogen) atoms. The van der Waals surface area contributed by atoms with Gasteiger partial charge in [-0.1, -0.05) is 18.2 Å². The Morgan fingerprint density at radius 2 is 1.52 bits per heavy atom. The van der Waals surface area contributed by atoms with Gasteiger partial charge in [0, 0.05) is 6.07 Å². The number of primary amides is 1. The topological polar surface area (TPSA) is 96.0 Å². The lowest BCUT2D eigenvalue weighted by molar-refractivity contribution is 0.256. The van der Waals surface area contributed by atoms with Crippen molar-refractivity contribution < 1.29 is 19.7 Å². The van der Waals surface area contributed by atoms with Crippen molar-refractivity contribution in [2.24, 2.45) is 5.73 Å². The third kappa shape index (κ3) is 3.64. The number of urea groups is 1. The minimum Gasteiger partial charge on any atom is -0.508 e. The number of amides is 2. The van der Waals surface area contributed by atoms with Crippen LogP contribution in [0.2, 0.25) is 0 Å². The van der Waals surface area contributed by atoms with Gasteiger partial charge >= 0.3 is 6.03 Å². The van der Waals surface area contributed by atoms with Crippen LogP contribution in [0.1, 0.15) is 0 Å². The zero-order valence-corrected chi connectivity index (χ0v) is 13.2. The molecule has 0 radical (unpaired) electrons. The molecule has 3 aromatic rings. The molecule has 0 aromatic heterocycles. The fraction of sp³-hybridized carbons (Fsp3) is 0. The summed E-state index contributed by atoms with van der Waals surface area (Å²) in [5.74, 6) is 0.910. The summed E-state index contributed by atoms with van der Waals surface area (Å²) in [6.07, 6.45) is 0. The predicted octanol–water partition coefficient (Wildman–Crippen LogP) is 4.11. The summed E-state index contributed by atoms with van der Waals surface area (Å²) in [5.41, 5.74) is 6.07. The van der Waals surface area contributed by atoms with Crippen molar-refractivity contribution in [3.05, 3.63) is 72.8 Å². The molecule has 0 unspecified atom stereocenters. The van der Waals surface area contributed by atoms with Crippen LogP contribution in [0, 0.1) is 0 Å². The minimum absolute atomic E-state index is 0.114. The Hall–Kier alpha value is -3.67. The quantitative estimate of drug-likeness (QED) is 0.668. The Balaban J connectivity index is 1.89. The number of nitrogens with two attached hydrogens (primary N) is 1. The van der Waals surface area contributed by atoms with Gasteiger partial charge in [0.1, 0.15) is 23.0 Å². The Bertz CT molecular complexity index is 880. The number of phenols is 2. The maximum atomic E-state index is 11.9. The molecule has 0 aliphatic carbocycles. The van der Waals surface area contributed by atoms with Gasteiger partial charge in [0.05, 0.1) is 11.4 Å². The average molecular weight is 336 g/mol. The van der Waals surface area contributed by atoms with Gasteiger partial charge in [0.2, 0.25) is 0 Å². The Morgan fingerprint density at radius 3 is 2.12 bits per heavy atom. The molecule has 6 heteroatoms. The van der Waals surface area contributed by atoms with Crippen LogP contribution in [0.3, 0.4) is 0 Å². The summed E-state index contributed by atoms with van der Waals surface area (Å²) in [4.78, 5) is 13.0. The standard InChI is InChI=1S/C19H16N2O4/c20-19(24)21(17-11-8-14(22)12-18(17)23)13-6-9-16(10-7-13)25-15-4-2-1-3-5-15/h1-12,22-23H,(H2,20,24). The van der Waals surface area contributed by atoms with Crippen molar-refractivity contribution in [1.29, 1.82) is 0 Å². The van der Waals surface area contributed by atoms with Gasteiger partial charge < -0.3 is 20.7 Å². The van der Waals surface area contributed by atoms with Crippen LogP contribution in [0.5, 0.6) is 23.0 Å². The van der Waals surface area contributed by atoms with Crippen molar-refractivity contribution in [1.82, 2.24) is 0 Å². The maximum Gasteiger partial charge on any atom is 0.324 e. The van der Waals surface area contributed by atoms with E-state index in [1.54, 1.807) is 24.3 Å². The van der Waals surface area contributed by atoms with E-state index in [-0.39, 0.29) is 17.2 Å². The Kier molecular flexibility index (Phi) is 4.43. The van der Waals surface area contributed by atoms with Crippen molar-refractivity contribution in [3.63, 3.8) is 0 Å². The second-order valence-corrected chi connectivity index (χ2v) is 5.26. The number of phenolic OH excluding ortho intramolecular Hbond substituents is 2. The molecule has 0 fully saturated rings. The fourth-order valence-electron chi connectivity index (χ4n) is 2.37. The highest BCUT2D eigenvalue weighted by Gasteiger charge is 2.19. The lowest BCUT2D eigenvalue weighted by atomic mass is 10.2. The van der Waals surface area contributed by atoms with Gasteiger partial charge in [-0.3, -0.25) is 4.90 Å². The molecule has 4 N–H and O–H groups in total. The molecule has 0 saturated carbocycles. The number of hydrogen-bond donors (Lipinski definition) is 3. The predicted molar refractivity (Wildman–Crippen MR) is 94.5 cm³/mol. The van der Waals surface area contributed by atoms with E-state index in [0.717, 1.165) is 11.0 Å². The molecule has 3 rings (SSSR count). The molecule has 2 amide bonds. The summed E-state index contributed by atoms with van der Waals surface area (Å²) in [7, 11) is 0. The minimum atomic E-state index is -0.766. The molecule has 0 saturated heterocycles.